The van der Waals surface area contributed by atoms with Crippen molar-refractivity contribution in [3.8, 4) is 16.3 Å². The Morgan fingerprint density at radius 2 is 1.73 bits per heavy atom. The Bertz CT molecular complexity index is 1680. The number of ether oxygens (including phenoxy) is 1. The lowest BCUT2D eigenvalue weighted by atomic mass is 10.0. The predicted molar refractivity (Wildman–Crippen MR) is 166 cm³/mol. The van der Waals surface area contributed by atoms with E-state index in [1.165, 1.54) is 5.56 Å². The van der Waals surface area contributed by atoms with Crippen molar-refractivity contribution in [2.75, 3.05) is 31.1 Å². The van der Waals surface area contributed by atoms with Gasteiger partial charge in [0.25, 0.3) is 5.91 Å². The van der Waals surface area contributed by atoms with E-state index in [1.54, 1.807) is 28.4 Å². The highest BCUT2D eigenvalue weighted by atomic mass is 32.1. The first-order chi connectivity index (χ1) is 21.5. The molecule has 224 valence electrons. The number of hydrogen-bond donors (Lipinski definition) is 1. The number of piperazine rings is 1. The number of thiazole rings is 1. The van der Waals surface area contributed by atoms with Crippen molar-refractivity contribution < 1.29 is 19.1 Å². The molecule has 11 heteroatoms. The van der Waals surface area contributed by atoms with Crippen LogP contribution in [0.5, 0.6) is 5.75 Å². The van der Waals surface area contributed by atoms with Crippen LogP contribution in [-0.2, 0) is 29.3 Å². The van der Waals surface area contributed by atoms with E-state index in [4.69, 9.17) is 9.72 Å². The van der Waals surface area contributed by atoms with Crippen molar-refractivity contribution in [1.82, 2.24) is 25.1 Å². The molecule has 0 saturated carbocycles. The molecule has 5 heterocycles. The summed E-state index contributed by atoms with van der Waals surface area (Å²) in [6.45, 7) is 5.32. The van der Waals surface area contributed by atoms with Crippen LogP contribution in [0.15, 0.2) is 72.4 Å². The normalized spacial score (nSPS) is 18.8. The van der Waals surface area contributed by atoms with Gasteiger partial charge in [0.05, 0.1) is 22.6 Å². The fourth-order valence-corrected chi connectivity index (χ4v) is 6.66. The number of nitrogens with one attached hydrogen (secondary N) is 1. The van der Waals surface area contributed by atoms with Crippen LogP contribution < -0.4 is 15.0 Å². The molecule has 7 rings (SSSR count). The first kappa shape index (κ1) is 28.2. The number of carbonyl (C=O) groups is 3. The molecule has 0 radical (unpaired) electrons. The monoisotopic (exact) mass is 608 g/mol. The summed E-state index contributed by atoms with van der Waals surface area (Å²) in [5.41, 5.74) is 6.42. The minimum atomic E-state index is -0.645. The number of hydrogen-bond acceptors (Lipinski definition) is 9. The number of piperidine rings is 1. The number of rotatable bonds is 8. The number of aromatic nitrogens is 2. The second kappa shape index (κ2) is 12.2. The zero-order valence-corrected chi connectivity index (χ0v) is 25.0. The topological polar surface area (TPSA) is 108 Å². The molecule has 0 aliphatic carbocycles. The molecule has 2 saturated heterocycles. The molecular formula is C33H32N6O4S. The number of benzene rings is 2. The van der Waals surface area contributed by atoms with Gasteiger partial charge < -0.3 is 14.5 Å². The van der Waals surface area contributed by atoms with Gasteiger partial charge in [-0.25, -0.2) is 4.98 Å². The lowest BCUT2D eigenvalue weighted by Gasteiger charge is -2.35. The van der Waals surface area contributed by atoms with Gasteiger partial charge >= 0.3 is 0 Å². The Kier molecular flexibility index (Phi) is 7.80. The molecule has 2 aromatic carbocycles. The van der Waals surface area contributed by atoms with Gasteiger partial charge in [0.2, 0.25) is 11.8 Å². The summed E-state index contributed by atoms with van der Waals surface area (Å²) < 4.78 is 6.18. The summed E-state index contributed by atoms with van der Waals surface area (Å²) >= 11 is 1.60. The maximum atomic E-state index is 13.1. The van der Waals surface area contributed by atoms with Crippen molar-refractivity contribution in [2.45, 2.75) is 38.6 Å². The van der Waals surface area contributed by atoms with Crippen molar-refractivity contribution >= 4 is 34.9 Å². The van der Waals surface area contributed by atoms with Crippen LogP contribution in [0.2, 0.25) is 0 Å². The second-order valence-corrected chi connectivity index (χ2v) is 12.2. The van der Waals surface area contributed by atoms with Crippen molar-refractivity contribution in [2.24, 2.45) is 0 Å². The van der Waals surface area contributed by atoms with Crippen LogP contribution in [0.4, 0.5) is 5.82 Å². The maximum Gasteiger partial charge on any atom is 0.255 e. The van der Waals surface area contributed by atoms with Crippen LogP contribution in [0.1, 0.15) is 39.9 Å². The van der Waals surface area contributed by atoms with E-state index in [0.717, 1.165) is 60.2 Å². The molecule has 2 fully saturated rings. The number of anilines is 1. The van der Waals surface area contributed by atoms with Crippen LogP contribution in [0, 0.1) is 0 Å². The molecule has 3 amide bonds. The molecule has 0 spiro atoms. The first-order valence-corrected chi connectivity index (χ1v) is 15.7. The predicted octanol–water partition coefficient (Wildman–Crippen LogP) is 3.87. The van der Waals surface area contributed by atoms with Crippen LogP contribution in [-0.4, -0.2) is 69.7 Å². The molecule has 0 unspecified atom stereocenters. The van der Waals surface area contributed by atoms with Gasteiger partial charge in [-0.05, 0) is 41.8 Å². The summed E-state index contributed by atoms with van der Waals surface area (Å²) in [6.07, 6.45) is 2.43. The van der Waals surface area contributed by atoms with Crippen molar-refractivity contribution in [1.29, 1.82) is 0 Å². The molecule has 3 aliphatic rings. The molecule has 44 heavy (non-hydrogen) atoms. The van der Waals surface area contributed by atoms with Crippen molar-refractivity contribution in [3.05, 3.63) is 94.6 Å². The third kappa shape index (κ3) is 5.80. The molecule has 3 aliphatic heterocycles. The standard InChI is InChI=1S/C33H32N6O4S/c40-31-12-11-27(32(41)36-31)39-19-25-24(33(39)42)3-1-5-28(25)43-20-23-9-7-22(8-10-23)18-37-13-15-38(16-14-37)30-6-2-4-26(35-30)29-17-34-21-44-29/h1-10,17,21,27H,11-16,18-20H2,(H,36,40,41)/t27-/m0/s1. The Balaban J connectivity index is 0.922. The van der Waals surface area contributed by atoms with E-state index < -0.39 is 11.9 Å². The van der Waals surface area contributed by atoms with Gasteiger partial charge in [0.1, 0.15) is 24.2 Å². The number of nitrogens with zero attached hydrogens (tertiary/aromatic N) is 5. The third-order valence-electron chi connectivity index (χ3n) is 8.48. The Morgan fingerprint density at radius 1 is 0.932 bits per heavy atom. The molecule has 0 bridgehead atoms. The SMILES string of the molecule is O=C1CC[C@H](N2Cc3c(OCc4ccc(CN5CCN(c6cccc(-c7cncs7)n6)CC5)cc4)cccc3C2=O)C(=O)N1. The van der Waals surface area contributed by atoms with Crippen LogP contribution in [0.3, 0.4) is 0 Å². The van der Waals surface area contributed by atoms with E-state index >= 15 is 0 Å². The summed E-state index contributed by atoms with van der Waals surface area (Å²) in [4.78, 5) is 53.5. The maximum absolute atomic E-state index is 13.1. The molecule has 1 atom stereocenters. The van der Waals surface area contributed by atoms with Crippen LogP contribution >= 0.6 is 11.3 Å². The van der Waals surface area contributed by atoms with Gasteiger partial charge in [-0.1, -0.05) is 36.4 Å². The zero-order chi connectivity index (χ0) is 30.0. The molecule has 1 N–H and O–H groups in total. The van der Waals surface area contributed by atoms with E-state index in [2.05, 4.69) is 56.5 Å². The smallest absolute Gasteiger partial charge is 0.255 e. The third-order valence-corrected chi connectivity index (χ3v) is 9.27. The molecular weight excluding hydrogens is 576 g/mol. The lowest BCUT2D eigenvalue weighted by molar-refractivity contribution is -0.136. The number of fused-ring (bicyclic) bond motifs is 1. The van der Waals surface area contributed by atoms with E-state index in [-0.39, 0.29) is 24.8 Å². The average Bonchev–Trinajstić information content (AvgIpc) is 3.70. The van der Waals surface area contributed by atoms with E-state index in [9.17, 15) is 14.4 Å². The zero-order valence-electron chi connectivity index (χ0n) is 24.1. The summed E-state index contributed by atoms with van der Waals surface area (Å²) in [7, 11) is 0. The minimum Gasteiger partial charge on any atom is -0.489 e. The highest BCUT2D eigenvalue weighted by molar-refractivity contribution is 7.13. The second-order valence-electron chi connectivity index (χ2n) is 11.3. The number of imide groups is 1. The first-order valence-electron chi connectivity index (χ1n) is 14.8. The fraction of sp³-hybridized carbons (Fsp3) is 0.303. The Labute approximate surface area is 259 Å². The molecule has 2 aromatic heterocycles. The summed E-state index contributed by atoms with van der Waals surface area (Å²) in [6, 6.07) is 19.4. The summed E-state index contributed by atoms with van der Waals surface area (Å²) in [5, 5.41) is 2.35. The van der Waals surface area contributed by atoms with Crippen LogP contribution in [0.25, 0.3) is 10.6 Å². The fourth-order valence-electron chi connectivity index (χ4n) is 6.07. The van der Waals surface area contributed by atoms with Gasteiger partial charge in [0, 0.05) is 56.5 Å². The number of carbonyl (C=O) groups excluding carboxylic acids is 3. The van der Waals surface area contributed by atoms with Gasteiger partial charge in [0.15, 0.2) is 0 Å². The number of amides is 3. The van der Waals surface area contributed by atoms with Gasteiger partial charge in [-0.2, -0.15) is 0 Å². The van der Waals surface area contributed by atoms with Crippen molar-refractivity contribution in [3.63, 3.8) is 0 Å². The Hall–Kier alpha value is -4.61. The lowest BCUT2D eigenvalue weighted by Crippen LogP contribution is -2.52. The molecule has 10 nitrogen and oxygen atoms in total. The van der Waals surface area contributed by atoms with E-state index in [1.807, 2.05) is 23.8 Å². The largest absolute Gasteiger partial charge is 0.489 e. The van der Waals surface area contributed by atoms with Gasteiger partial charge in [-0.15, -0.1) is 11.3 Å². The number of pyridine rings is 1. The minimum absolute atomic E-state index is 0.203. The highest BCUT2D eigenvalue weighted by Crippen LogP contribution is 2.34. The van der Waals surface area contributed by atoms with Gasteiger partial charge in [-0.3, -0.25) is 29.6 Å². The summed E-state index contributed by atoms with van der Waals surface area (Å²) in [5.74, 6) is 0.736. The quantitative estimate of drug-likeness (QED) is 0.301. The van der Waals surface area contributed by atoms with E-state index in [0.29, 0.717) is 24.3 Å². The average molecular weight is 609 g/mol. The Morgan fingerprint density at radius 3 is 2.50 bits per heavy atom. The molecule has 4 aromatic rings. The highest BCUT2D eigenvalue weighted by Gasteiger charge is 2.40.